The van der Waals surface area contributed by atoms with Crippen LogP contribution in [-0.4, -0.2) is 25.4 Å². The molecule has 1 atom stereocenters. The molecule has 0 fully saturated rings. The first-order valence-corrected chi connectivity index (χ1v) is 15.8. The van der Waals surface area contributed by atoms with Gasteiger partial charge in [0.2, 0.25) is 0 Å². The van der Waals surface area contributed by atoms with E-state index in [1.165, 1.54) is 128 Å². The van der Waals surface area contributed by atoms with Crippen LogP contribution in [0.1, 0.15) is 196 Å². The average Bonchev–Trinajstić information content (AvgIpc) is 2.83. The molecule has 1 unspecified atom stereocenters. The van der Waals surface area contributed by atoms with Crippen LogP contribution in [0.15, 0.2) is 0 Å². The molecule has 0 rings (SSSR count). The van der Waals surface area contributed by atoms with Crippen molar-refractivity contribution in [1.29, 1.82) is 0 Å². The van der Waals surface area contributed by atoms with Crippen LogP contribution in [-0.2, 0) is 4.79 Å². The minimum Gasteiger partial charge on any atom is -1.00 e. The van der Waals surface area contributed by atoms with Crippen molar-refractivity contribution in [2.24, 2.45) is 0 Å². The fourth-order valence-corrected chi connectivity index (χ4v) is 4.44. The van der Waals surface area contributed by atoms with E-state index in [0.717, 1.165) is 38.5 Å². The van der Waals surface area contributed by atoms with Crippen molar-refractivity contribution in [1.82, 2.24) is 0 Å². The molecule has 4 heteroatoms. The van der Waals surface area contributed by atoms with Gasteiger partial charge in [0.15, 0.2) is 0 Å². The summed E-state index contributed by atoms with van der Waals surface area (Å²) in [5, 5.41) is 9.81. The first-order chi connectivity index (χ1) is 16.6. The fourth-order valence-electron chi connectivity index (χ4n) is 4.44. The summed E-state index contributed by atoms with van der Waals surface area (Å²) in [6.45, 7) is 8.96. The molecule has 211 valence electrons. The Labute approximate surface area is 254 Å². The number of Topliss-reactive ketones (excluding diaryl/α,β-unsaturated/α-hetero) is 1. The van der Waals surface area contributed by atoms with Gasteiger partial charge >= 0.3 is 29.6 Å². The standard InChI is InChI=1S/C16H34O.C16H32O.B.Na.H/c2*1-3-5-7-9-11-13-15-16(17)14-12-10-8-6-4-2;;;/h16-17H,3-15H2,1-2H3;3-15H2,1-2H3;;;/q;;;+1;-1. The third-order valence-corrected chi connectivity index (χ3v) is 6.90. The molecule has 0 aromatic rings. The Morgan fingerprint density at radius 2 is 0.750 bits per heavy atom. The molecule has 0 saturated heterocycles. The van der Waals surface area contributed by atoms with E-state index in [-0.39, 0.29) is 45.5 Å². The summed E-state index contributed by atoms with van der Waals surface area (Å²) in [4.78, 5) is 11.6. The van der Waals surface area contributed by atoms with E-state index in [1.807, 2.05) is 0 Å². The van der Waals surface area contributed by atoms with E-state index in [2.05, 4.69) is 27.7 Å². The Kier molecular flexibility index (Phi) is 48.8. The molecule has 0 aromatic carbocycles. The zero-order chi connectivity index (χ0) is 25.5. The second-order valence-corrected chi connectivity index (χ2v) is 10.6. The number of carbonyl (C=O) groups excluding carboxylic acids is 1. The molecule has 3 radical (unpaired) electrons. The summed E-state index contributed by atoms with van der Waals surface area (Å²) in [7, 11) is 0. The Hall–Kier alpha value is 0.695. The summed E-state index contributed by atoms with van der Waals surface area (Å²) in [6, 6.07) is 0. The minimum atomic E-state index is -0.0252. The Balaban J connectivity index is -0.000000171. The first-order valence-electron chi connectivity index (χ1n) is 15.8. The van der Waals surface area contributed by atoms with Gasteiger partial charge in [-0.05, 0) is 25.7 Å². The normalized spacial score (nSPS) is 11.1. The zero-order valence-corrected chi connectivity index (χ0v) is 27.9. The molecule has 1 N–H and O–H groups in total. The number of aliphatic hydroxyl groups is 1. The molecule has 0 aliphatic heterocycles. The van der Waals surface area contributed by atoms with Crippen molar-refractivity contribution in [3.63, 3.8) is 0 Å². The number of hydrogen-bond acceptors (Lipinski definition) is 2. The van der Waals surface area contributed by atoms with Crippen molar-refractivity contribution in [2.75, 3.05) is 0 Å². The van der Waals surface area contributed by atoms with E-state index >= 15 is 0 Å². The van der Waals surface area contributed by atoms with Crippen LogP contribution < -0.4 is 29.6 Å². The van der Waals surface area contributed by atoms with Gasteiger partial charge in [-0.1, -0.05) is 156 Å². The van der Waals surface area contributed by atoms with Crippen LogP contribution in [0, 0.1) is 0 Å². The van der Waals surface area contributed by atoms with Crippen molar-refractivity contribution in [2.45, 2.75) is 201 Å². The SMILES string of the molecule is CCCCCCCCC(=O)CCCCCCC.CCCCCCCCC(O)CCCCCCC.[B].[H-].[Na+]. The fraction of sp³-hybridized carbons (Fsp3) is 0.969. The number of unbranched alkanes of at least 4 members (excludes halogenated alkanes) is 18. The van der Waals surface area contributed by atoms with Crippen molar-refractivity contribution >= 4 is 14.2 Å². The predicted molar refractivity (Wildman–Crippen MR) is 161 cm³/mol. The van der Waals surface area contributed by atoms with Crippen LogP contribution in [0.4, 0.5) is 0 Å². The molecule has 0 heterocycles. The van der Waals surface area contributed by atoms with Crippen LogP contribution in [0.3, 0.4) is 0 Å². The van der Waals surface area contributed by atoms with E-state index in [9.17, 15) is 9.90 Å². The van der Waals surface area contributed by atoms with E-state index in [0.29, 0.717) is 5.78 Å². The van der Waals surface area contributed by atoms with Gasteiger partial charge in [-0.25, -0.2) is 0 Å². The maximum absolute atomic E-state index is 11.6. The average molecular weight is 518 g/mol. The molecule has 0 bridgehead atoms. The quantitative estimate of drug-likeness (QED) is 0.0937. The summed E-state index contributed by atoms with van der Waals surface area (Å²) in [5.74, 6) is 0.497. The number of ketones is 1. The zero-order valence-electron chi connectivity index (χ0n) is 26.9. The van der Waals surface area contributed by atoms with E-state index < -0.39 is 0 Å². The minimum absolute atomic E-state index is 0. The summed E-state index contributed by atoms with van der Waals surface area (Å²) in [5.41, 5.74) is 0. The van der Waals surface area contributed by atoms with Gasteiger partial charge in [0.1, 0.15) is 5.78 Å². The molecule has 0 saturated carbocycles. The van der Waals surface area contributed by atoms with Crippen LogP contribution in [0.25, 0.3) is 0 Å². The molecule has 2 nitrogen and oxygen atoms in total. The third-order valence-electron chi connectivity index (χ3n) is 6.90. The number of carbonyl (C=O) groups is 1. The number of aliphatic hydroxyl groups excluding tert-OH is 1. The van der Waals surface area contributed by atoms with Crippen LogP contribution >= 0.6 is 0 Å². The Bertz CT molecular complexity index is 386. The van der Waals surface area contributed by atoms with Gasteiger partial charge in [-0.15, -0.1) is 0 Å². The van der Waals surface area contributed by atoms with Crippen LogP contribution in [0.2, 0.25) is 0 Å². The third kappa shape index (κ3) is 41.8. The van der Waals surface area contributed by atoms with Gasteiger partial charge in [-0.2, -0.15) is 0 Å². The molecule has 0 aliphatic carbocycles. The van der Waals surface area contributed by atoms with E-state index in [4.69, 9.17) is 0 Å². The molecule has 0 aliphatic rings. The predicted octanol–water partition coefficient (Wildman–Crippen LogP) is 7.86. The molecule has 0 amide bonds. The largest absolute Gasteiger partial charge is 1.00 e. The Morgan fingerprint density at radius 3 is 1.06 bits per heavy atom. The smallest absolute Gasteiger partial charge is 1.00 e. The van der Waals surface area contributed by atoms with Gasteiger partial charge in [0.25, 0.3) is 0 Å². The Morgan fingerprint density at radius 1 is 0.500 bits per heavy atom. The van der Waals surface area contributed by atoms with Crippen molar-refractivity contribution in [3.8, 4) is 0 Å². The summed E-state index contributed by atoms with van der Waals surface area (Å²) in [6.07, 6.45) is 32.2. The molecule has 36 heavy (non-hydrogen) atoms. The number of hydrogen-bond donors (Lipinski definition) is 1. The van der Waals surface area contributed by atoms with Crippen molar-refractivity contribution < 1.29 is 40.9 Å². The maximum Gasteiger partial charge on any atom is 1.00 e. The van der Waals surface area contributed by atoms with Crippen molar-refractivity contribution in [3.05, 3.63) is 0 Å². The van der Waals surface area contributed by atoms with Gasteiger partial charge < -0.3 is 6.53 Å². The number of rotatable bonds is 26. The monoisotopic (exact) mass is 518 g/mol. The molecule has 0 aromatic heterocycles. The second-order valence-electron chi connectivity index (χ2n) is 10.6. The summed E-state index contributed by atoms with van der Waals surface area (Å²) >= 11 is 0. The van der Waals surface area contributed by atoms with E-state index in [1.54, 1.807) is 0 Å². The first kappa shape index (κ1) is 43.7. The topological polar surface area (TPSA) is 37.3 Å². The second kappa shape index (κ2) is 40.2. The summed E-state index contributed by atoms with van der Waals surface area (Å²) < 4.78 is 0. The van der Waals surface area contributed by atoms with Gasteiger partial charge in [0.05, 0.1) is 6.10 Å². The van der Waals surface area contributed by atoms with Crippen LogP contribution in [0.5, 0.6) is 0 Å². The maximum atomic E-state index is 11.6. The molecular weight excluding hydrogens is 450 g/mol. The molecule has 0 spiro atoms. The van der Waals surface area contributed by atoms with Gasteiger partial charge in [-0.3, -0.25) is 4.79 Å². The molecular formula is C32H67BNaO2. The van der Waals surface area contributed by atoms with Gasteiger partial charge in [0, 0.05) is 21.3 Å².